The smallest absolute Gasteiger partial charge is 0.251 e. The monoisotopic (exact) mass is 444 g/mol. The lowest BCUT2D eigenvalue weighted by molar-refractivity contribution is 0.0948. The van der Waals surface area contributed by atoms with E-state index in [-0.39, 0.29) is 17.9 Å². The summed E-state index contributed by atoms with van der Waals surface area (Å²) in [5.41, 5.74) is 8.30. The van der Waals surface area contributed by atoms with Gasteiger partial charge < -0.3 is 20.8 Å². The molecule has 1 heterocycles. The fraction of sp³-hybridized carbons (Fsp3) is 0.182. The molecule has 1 atom stereocenters. The summed E-state index contributed by atoms with van der Waals surface area (Å²) in [6.45, 7) is 2.59. The van der Waals surface area contributed by atoms with Crippen molar-refractivity contribution in [3.8, 4) is 0 Å². The Bertz CT molecular complexity index is 1040. The van der Waals surface area contributed by atoms with Crippen LogP contribution in [0.25, 0.3) is 0 Å². The summed E-state index contributed by atoms with van der Waals surface area (Å²) in [5, 5.41) is 7.06. The van der Waals surface area contributed by atoms with Crippen LogP contribution in [0.1, 0.15) is 40.2 Å². The Labute approximate surface area is 185 Å². The van der Waals surface area contributed by atoms with Crippen LogP contribution >= 0.6 is 23.2 Å². The molecule has 0 aliphatic carbocycles. The van der Waals surface area contributed by atoms with Gasteiger partial charge in [-0.1, -0.05) is 41.4 Å². The Hall–Kier alpha value is -2.96. The molecule has 0 spiro atoms. The molecule has 4 N–H and O–H groups in total. The summed E-state index contributed by atoms with van der Waals surface area (Å²) >= 11 is 12.2. The molecule has 8 heteroatoms. The fourth-order valence-corrected chi connectivity index (χ4v) is 3.44. The number of guanidine groups is 1. The van der Waals surface area contributed by atoms with Crippen molar-refractivity contribution in [3.05, 3.63) is 93.4 Å². The maximum Gasteiger partial charge on any atom is 0.251 e. The van der Waals surface area contributed by atoms with Crippen molar-refractivity contribution in [1.29, 1.82) is 0 Å². The molecule has 0 bridgehead atoms. The van der Waals surface area contributed by atoms with E-state index in [1.165, 1.54) is 0 Å². The molecule has 0 fully saturated rings. The van der Waals surface area contributed by atoms with Gasteiger partial charge in [-0.2, -0.15) is 0 Å². The zero-order chi connectivity index (χ0) is 21.5. The van der Waals surface area contributed by atoms with Gasteiger partial charge in [-0.05, 0) is 54.4 Å². The van der Waals surface area contributed by atoms with Crippen molar-refractivity contribution >= 4 is 35.1 Å². The van der Waals surface area contributed by atoms with Crippen molar-refractivity contribution < 1.29 is 9.21 Å². The van der Waals surface area contributed by atoms with E-state index < -0.39 is 0 Å². The highest BCUT2D eigenvalue weighted by molar-refractivity contribution is 6.35. The minimum atomic E-state index is -0.186. The largest absolute Gasteiger partial charge is 0.467 e. The van der Waals surface area contributed by atoms with Gasteiger partial charge in [-0.15, -0.1) is 0 Å². The number of hydrogen-bond donors (Lipinski definition) is 3. The second kappa shape index (κ2) is 10.2. The zero-order valence-corrected chi connectivity index (χ0v) is 17.9. The molecule has 3 rings (SSSR count). The number of nitrogens with zero attached hydrogens (tertiary/aromatic N) is 1. The summed E-state index contributed by atoms with van der Waals surface area (Å²) in [7, 11) is 0. The molecule has 0 aliphatic heterocycles. The first-order valence-electron chi connectivity index (χ1n) is 9.33. The van der Waals surface area contributed by atoms with Gasteiger partial charge in [-0.3, -0.25) is 4.79 Å². The van der Waals surface area contributed by atoms with Crippen molar-refractivity contribution in [2.75, 3.05) is 0 Å². The van der Waals surface area contributed by atoms with E-state index in [0.29, 0.717) is 34.5 Å². The molecular weight excluding hydrogens is 423 g/mol. The van der Waals surface area contributed by atoms with Crippen molar-refractivity contribution in [2.45, 2.75) is 26.1 Å². The average Bonchev–Trinajstić information content (AvgIpc) is 3.24. The molecule has 1 aromatic heterocycles. The van der Waals surface area contributed by atoms with Gasteiger partial charge in [-0.25, -0.2) is 4.99 Å². The van der Waals surface area contributed by atoms with Crippen molar-refractivity contribution in [1.82, 2.24) is 10.6 Å². The van der Waals surface area contributed by atoms with Gasteiger partial charge in [0.15, 0.2) is 5.96 Å². The van der Waals surface area contributed by atoms with Crippen LogP contribution in [-0.2, 0) is 13.1 Å². The number of aliphatic imine (C=N–C) groups is 1. The predicted molar refractivity (Wildman–Crippen MR) is 120 cm³/mol. The second-order valence-electron chi connectivity index (χ2n) is 6.70. The highest BCUT2D eigenvalue weighted by atomic mass is 35.5. The maximum absolute atomic E-state index is 12.3. The molecule has 3 aromatic rings. The van der Waals surface area contributed by atoms with Gasteiger partial charge >= 0.3 is 0 Å². The zero-order valence-electron chi connectivity index (χ0n) is 16.4. The molecule has 1 amide bonds. The van der Waals surface area contributed by atoms with E-state index in [4.69, 9.17) is 33.4 Å². The average molecular weight is 445 g/mol. The molecule has 156 valence electrons. The molecule has 0 saturated heterocycles. The Morgan fingerprint density at radius 2 is 2.00 bits per heavy atom. The number of carbonyl (C=O) groups excluding carboxylic acids is 1. The minimum Gasteiger partial charge on any atom is -0.467 e. The summed E-state index contributed by atoms with van der Waals surface area (Å²) in [6, 6.07) is 16.0. The van der Waals surface area contributed by atoms with E-state index >= 15 is 0 Å². The number of amides is 1. The van der Waals surface area contributed by atoms with Gasteiger partial charge in [0.1, 0.15) is 5.76 Å². The summed E-state index contributed by atoms with van der Waals surface area (Å²) < 4.78 is 5.22. The standard InChI is InChI=1S/C22H22Cl2N4O2/c1-14(19-8-7-17(23)11-20(19)24)28-22(25)27-12-15-4-2-5-16(10-15)21(29)26-13-18-6-3-9-30-18/h2-11,14H,12-13H2,1H3,(H,26,29)(H3,25,27,28). The third-order valence-corrected chi connectivity index (χ3v) is 4.98. The van der Waals surface area contributed by atoms with Crippen LogP contribution in [0.5, 0.6) is 0 Å². The minimum absolute atomic E-state index is 0.141. The molecule has 0 saturated carbocycles. The highest BCUT2D eigenvalue weighted by Gasteiger charge is 2.11. The lowest BCUT2D eigenvalue weighted by atomic mass is 10.1. The highest BCUT2D eigenvalue weighted by Crippen LogP contribution is 2.25. The van der Waals surface area contributed by atoms with Crippen LogP contribution in [-0.4, -0.2) is 11.9 Å². The van der Waals surface area contributed by atoms with Gasteiger partial charge in [0.05, 0.1) is 25.4 Å². The number of rotatable bonds is 7. The topological polar surface area (TPSA) is 92.6 Å². The Balaban J connectivity index is 1.58. The number of nitrogens with two attached hydrogens (primary N) is 1. The normalized spacial score (nSPS) is 12.4. The first-order chi connectivity index (χ1) is 14.4. The second-order valence-corrected chi connectivity index (χ2v) is 7.54. The molecule has 1 unspecified atom stereocenters. The Morgan fingerprint density at radius 1 is 1.17 bits per heavy atom. The third kappa shape index (κ3) is 6.02. The van der Waals surface area contributed by atoms with Gasteiger partial charge in [0, 0.05) is 15.6 Å². The molecule has 2 aromatic carbocycles. The summed E-state index contributed by atoms with van der Waals surface area (Å²) in [5.74, 6) is 0.786. The molecule has 6 nitrogen and oxygen atoms in total. The maximum atomic E-state index is 12.3. The molecular formula is C22H22Cl2N4O2. The van der Waals surface area contributed by atoms with E-state index in [1.54, 1.807) is 42.7 Å². The summed E-state index contributed by atoms with van der Waals surface area (Å²) in [4.78, 5) is 16.7. The van der Waals surface area contributed by atoms with Crippen molar-refractivity contribution in [3.63, 3.8) is 0 Å². The molecule has 0 radical (unpaired) electrons. The lowest BCUT2D eigenvalue weighted by Crippen LogP contribution is -2.34. The molecule has 30 heavy (non-hydrogen) atoms. The van der Waals surface area contributed by atoms with E-state index in [1.807, 2.05) is 25.1 Å². The van der Waals surface area contributed by atoms with E-state index in [2.05, 4.69) is 15.6 Å². The van der Waals surface area contributed by atoms with Crippen LogP contribution in [0, 0.1) is 0 Å². The quantitative estimate of drug-likeness (QED) is 0.364. The predicted octanol–water partition coefficient (Wildman–Crippen LogP) is 4.68. The first kappa shape index (κ1) is 21.7. The number of hydrogen-bond acceptors (Lipinski definition) is 3. The van der Waals surface area contributed by atoms with Gasteiger partial charge in [0.25, 0.3) is 5.91 Å². The number of benzene rings is 2. The Kier molecular flexibility index (Phi) is 7.38. The molecule has 0 aliphatic rings. The number of furan rings is 1. The summed E-state index contributed by atoms with van der Waals surface area (Å²) in [6.07, 6.45) is 1.57. The van der Waals surface area contributed by atoms with Gasteiger partial charge in [0.2, 0.25) is 0 Å². The van der Waals surface area contributed by atoms with Crippen molar-refractivity contribution in [2.24, 2.45) is 10.7 Å². The van der Waals surface area contributed by atoms with E-state index in [0.717, 1.165) is 11.1 Å². The number of halogens is 2. The Morgan fingerprint density at radius 3 is 2.73 bits per heavy atom. The number of carbonyl (C=O) groups is 1. The van der Waals surface area contributed by atoms with Crippen LogP contribution in [0.4, 0.5) is 0 Å². The van der Waals surface area contributed by atoms with Crippen LogP contribution < -0.4 is 16.4 Å². The number of nitrogens with one attached hydrogen (secondary N) is 2. The van der Waals surface area contributed by atoms with Crippen LogP contribution in [0.2, 0.25) is 10.0 Å². The SMILES string of the molecule is CC(NC(N)=NCc1cccc(C(=O)NCc2ccco2)c1)c1ccc(Cl)cc1Cl. The lowest BCUT2D eigenvalue weighted by Gasteiger charge is -2.16. The van der Waals surface area contributed by atoms with E-state index in [9.17, 15) is 4.79 Å². The fourth-order valence-electron chi connectivity index (χ4n) is 2.87. The van der Waals surface area contributed by atoms with Crippen LogP contribution in [0.3, 0.4) is 0 Å². The first-order valence-corrected chi connectivity index (χ1v) is 10.1. The third-order valence-electron chi connectivity index (χ3n) is 4.42. The van der Waals surface area contributed by atoms with Crippen LogP contribution in [0.15, 0.2) is 70.3 Å².